The molecule has 8 aromatic heterocycles. The van der Waals surface area contributed by atoms with E-state index in [-0.39, 0.29) is 23.0 Å². The summed E-state index contributed by atoms with van der Waals surface area (Å²) in [5.74, 6) is -1.38. The first kappa shape index (κ1) is 89.0. The van der Waals surface area contributed by atoms with Gasteiger partial charge in [-0.25, -0.2) is 0 Å². The van der Waals surface area contributed by atoms with Gasteiger partial charge in [0.2, 0.25) is 0 Å². The first-order valence-corrected chi connectivity index (χ1v) is 45.7. The zero-order chi connectivity index (χ0) is 91.1. The minimum atomic E-state index is -0.544. The molecular weight excluding hydrogens is 1660 g/mol. The Balaban J connectivity index is 0.000000123. The molecule has 4 aliphatic rings. The van der Waals surface area contributed by atoms with Crippen molar-refractivity contribution in [2.24, 2.45) is 22.9 Å². The summed E-state index contributed by atoms with van der Waals surface area (Å²) in [5.41, 5.74) is 41.0. The molecule has 28 heteroatoms. The lowest BCUT2D eigenvalue weighted by Crippen LogP contribution is -2.46. The molecule has 4 saturated heterocycles. The Labute approximate surface area is 764 Å². The first-order chi connectivity index (χ1) is 64.4. The number of hydrogen-bond donors (Lipinski definition) is 8. The maximum Gasteiger partial charge on any atom is 0.284 e. The number of furan rings is 4. The molecule has 8 aromatic carbocycles. The van der Waals surface area contributed by atoms with Crippen LogP contribution in [0.3, 0.4) is 0 Å². The topological polar surface area (TPSA) is 409 Å². The van der Waals surface area contributed by atoms with E-state index in [0.717, 1.165) is 274 Å². The second-order valence-electron chi connectivity index (χ2n) is 34.7. The molecule has 132 heavy (non-hydrogen) atoms. The van der Waals surface area contributed by atoms with E-state index >= 15 is 0 Å². The molecule has 20 rings (SSSR count). The molecule has 12 heterocycles. The maximum absolute atomic E-state index is 11.4. The number of fused-ring (bicyclic) bond motifs is 8. The van der Waals surface area contributed by atoms with Gasteiger partial charge in [-0.2, -0.15) is 21.0 Å². The van der Waals surface area contributed by atoms with Gasteiger partial charge in [-0.1, -0.05) is 0 Å². The highest BCUT2D eigenvalue weighted by atomic mass is 16.4. The van der Waals surface area contributed by atoms with Gasteiger partial charge < -0.3 is 80.1 Å². The van der Waals surface area contributed by atoms with Crippen LogP contribution in [0.4, 0.5) is 22.7 Å². The summed E-state index contributed by atoms with van der Waals surface area (Å²) < 4.78 is 22.0. The van der Waals surface area contributed by atoms with Crippen molar-refractivity contribution >= 4 is 134 Å². The fourth-order valence-corrected chi connectivity index (χ4v) is 18.7. The number of nitriles is 4. The number of aromatic nitrogens is 4. The van der Waals surface area contributed by atoms with E-state index in [4.69, 9.17) is 61.7 Å². The Bertz CT molecular complexity index is 6180. The third-order valence-corrected chi connectivity index (χ3v) is 26.2. The zero-order valence-corrected chi connectivity index (χ0v) is 74.0. The fraction of sp³-hybridized carbons (Fsp3) is 0.308. The Morgan fingerprint density at radius 1 is 0.273 bits per heavy atom. The van der Waals surface area contributed by atoms with Crippen molar-refractivity contribution in [2.45, 2.75) is 77.0 Å². The van der Waals surface area contributed by atoms with E-state index in [1.807, 2.05) is 121 Å². The van der Waals surface area contributed by atoms with Crippen LogP contribution in [0, 0.1) is 45.3 Å². The number of carbonyl (C=O) groups is 4. The molecular formula is C104H108N20O8. The summed E-state index contributed by atoms with van der Waals surface area (Å²) >= 11 is 0. The van der Waals surface area contributed by atoms with Crippen LogP contribution in [0.5, 0.6) is 0 Å². The predicted octanol–water partition coefficient (Wildman–Crippen LogP) is 16.1. The Morgan fingerprint density at radius 2 is 0.485 bits per heavy atom. The molecule has 672 valence electrons. The van der Waals surface area contributed by atoms with Crippen LogP contribution >= 0.6 is 0 Å². The van der Waals surface area contributed by atoms with Crippen LogP contribution in [0.25, 0.3) is 87.5 Å². The smallest absolute Gasteiger partial charge is 0.284 e. The quantitative estimate of drug-likeness (QED) is 0.0211. The lowest BCUT2D eigenvalue weighted by Gasteiger charge is -2.36. The van der Waals surface area contributed by atoms with Gasteiger partial charge in [0.1, 0.15) is 22.3 Å². The fourth-order valence-electron chi connectivity index (χ4n) is 18.7. The largest absolute Gasteiger partial charge is 0.451 e. The van der Waals surface area contributed by atoms with Crippen molar-refractivity contribution in [2.75, 3.05) is 150 Å². The highest BCUT2D eigenvalue weighted by molar-refractivity contribution is 5.99. The van der Waals surface area contributed by atoms with Crippen LogP contribution in [0.2, 0.25) is 0 Å². The average molecular weight is 1770 g/mol. The third-order valence-electron chi connectivity index (χ3n) is 26.2. The third kappa shape index (κ3) is 21.3. The first-order valence-electron chi connectivity index (χ1n) is 45.7. The van der Waals surface area contributed by atoms with Gasteiger partial charge in [0, 0.05) is 217 Å². The Kier molecular flexibility index (Phi) is 27.7. The van der Waals surface area contributed by atoms with Crippen LogP contribution < -0.4 is 42.5 Å². The zero-order valence-electron chi connectivity index (χ0n) is 74.0. The van der Waals surface area contributed by atoms with Gasteiger partial charge >= 0.3 is 0 Å². The molecule has 0 unspecified atom stereocenters. The number of unbranched alkanes of at least 4 members (excludes halogenated alkanes) is 4. The highest BCUT2D eigenvalue weighted by Crippen LogP contribution is 2.34. The Hall–Kier alpha value is -15.0. The van der Waals surface area contributed by atoms with E-state index in [1.54, 1.807) is 24.3 Å². The molecule has 4 amide bonds. The molecule has 28 nitrogen and oxygen atoms in total. The number of aromatic amines is 4. The molecule has 0 bridgehead atoms. The van der Waals surface area contributed by atoms with Gasteiger partial charge in [0.15, 0.2) is 23.0 Å². The number of nitrogens with one attached hydrogen (secondary N) is 4. The summed E-state index contributed by atoms with van der Waals surface area (Å²) in [6.45, 7) is 20.5. The van der Waals surface area contributed by atoms with E-state index in [0.29, 0.717) is 44.6 Å². The maximum atomic E-state index is 11.4. The van der Waals surface area contributed by atoms with Crippen molar-refractivity contribution in [3.05, 3.63) is 262 Å². The van der Waals surface area contributed by atoms with E-state index in [2.05, 4.69) is 132 Å². The van der Waals surface area contributed by atoms with E-state index < -0.39 is 23.6 Å². The lowest BCUT2D eigenvalue weighted by atomic mass is 10.1. The number of nitrogens with zero attached hydrogens (tertiary/aromatic N) is 12. The normalized spacial score (nSPS) is 14.7. The second kappa shape index (κ2) is 41.2. The number of amides is 4. The van der Waals surface area contributed by atoms with Crippen LogP contribution in [-0.4, -0.2) is 194 Å². The number of primary amides is 4. The van der Waals surface area contributed by atoms with Crippen LogP contribution in [0.1, 0.15) is 138 Å². The van der Waals surface area contributed by atoms with Gasteiger partial charge in [-0.05, 0) is 295 Å². The standard InChI is InChI=1S/4C26H27N5O2/c4*27-16-18-4-6-23-22(13-18)19(17-29-23)3-1-2-8-30-9-11-31(12-10-30)21-5-7-24-20(14-21)15-25(33-24)26(28)32/h4*4-7,13-15,17,29H,1-3,8-12H2,(H2,28,32). The second-order valence-corrected chi connectivity index (χ2v) is 34.7. The van der Waals surface area contributed by atoms with Crippen molar-refractivity contribution in [3.8, 4) is 24.3 Å². The molecule has 0 atom stereocenters. The number of nitrogens with two attached hydrogens (primary N) is 4. The summed E-state index contributed by atoms with van der Waals surface area (Å²) in [6.07, 6.45) is 21.5. The van der Waals surface area contributed by atoms with Gasteiger partial charge in [0.25, 0.3) is 23.6 Å². The summed E-state index contributed by atoms with van der Waals surface area (Å²) in [7, 11) is 0. The highest BCUT2D eigenvalue weighted by Gasteiger charge is 2.25. The number of anilines is 4. The summed E-state index contributed by atoms with van der Waals surface area (Å²) in [5, 5.41) is 44.9. The molecule has 12 N–H and O–H groups in total. The predicted molar refractivity (Wildman–Crippen MR) is 517 cm³/mol. The number of H-pyrrole nitrogens is 4. The number of carbonyl (C=O) groups excluding carboxylic acids is 4. The van der Waals surface area contributed by atoms with Gasteiger partial charge in [-0.15, -0.1) is 0 Å². The van der Waals surface area contributed by atoms with Crippen molar-refractivity contribution < 1.29 is 36.8 Å². The van der Waals surface area contributed by atoms with Crippen molar-refractivity contribution in [3.63, 3.8) is 0 Å². The molecule has 4 fully saturated rings. The molecule has 4 aliphatic heterocycles. The number of hydrogen-bond acceptors (Lipinski definition) is 20. The minimum absolute atomic E-state index is 0.199. The van der Waals surface area contributed by atoms with Crippen molar-refractivity contribution in [1.29, 1.82) is 21.0 Å². The lowest BCUT2D eigenvalue weighted by molar-refractivity contribution is 0.0968. The summed E-state index contributed by atoms with van der Waals surface area (Å²) in [4.78, 5) is 78.3. The number of aryl methyl sites for hydroxylation is 4. The minimum Gasteiger partial charge on any atom is -0.451 e. The molecule has 0 spiro atoms. The van der Waals surface area contributed by atoms with Crippen molar-refractivity contribution in [1.82, 2.24) is 39.5 Å². The number of rotatable bonds is 28. The Morgan fingerprint density at radius 3 is 0.682 bits per heavy atom. The molecule has 0 aliphatic carbocycles. The monoisotopic (exact) mass is 1760 g/mol. The molecule has 0 saturated carbocycles. The van der Waals surface area contributed by atoms with Crippen LogP contribution in [0.15, 0.2) is 212 Å². The average Bonchev–Trinajstić information content (AvgIpc) is 1.69. The number of piperazine rings is 4. The molecule has 0 radical (unpaired) electrons. The number of benzene rings is 8. The van der Waals surface area contributed by atoms with Crippen LogP contribution in [-0.2, 0) is 25.7 Å². The molecule has 16 aromatic rings. The van der Waals surface area contributed by atoms with Gasteiger partial charge in [0.05, 0.1) is 46.5 Å². The van der Waals surface area contributed by atoms with Gasteiger partial charge in [-0.3, -0.25) is 38.8 Å². The summed E-state index contributed by atoms with van der Waals surface area (Å²) in [6, 6.07) is 63.2. The van der Waals surface area contributed by atoms with E-state index in [1.165, 1.54) is 43.8 Å². The van der Waals surface area contributed by atoms with E-state index in [9.17, 15) is 19.2 Å². The SMILES string of the molecule is N#Cc1ccc2[nH]cc(CCCCN3CCN(c4ccc5oc(C(N)=O)cc5c4)CC3)c2c1.N#Cc1ccc2[nH]cc(CCCCN3CCN(c4ccc5oc(C(N)=O)cc5c4)CC3)c2c1.N#Cc1ccc2[nH]cc(CCCCN3CCN(c4ccc5oc(C(N)=O)cc5c4)CC3)c2c1.N#Cc1ccc2[nH]cc(CCCCN3CCN(c4ccc5oc(C(N)=O)cc5c4)CC3)c2c1.